The van der Waals surface area contributed by atoms with E-state index in [9.17, 15) is 18.7 Å². The molecule has 4 atom stereocenters. The third-order valence-corrected chi connectivity index (χ3v) is 5.52. The lowest BCUT2D eigenvalue weighted by Gasteiger charge is -2.17. The number of aliphatic hydroxyl groups excluding tert-OH is 1. The van der Waals surface area contributed by atoms with Gasteiger partial charge >= 0.3 is 0 Å². The summed E-state index contributed by atoms with van der Waals surface area (Å²) in [6.07, 6.45) is 0.615. The van der Waals surface area contributed by atoms with E-state index < -0.39 is 20.8 Å². The zero-order chi connectivity index (χ0) is 25.4. The Hall–Kier alpha value is -0.280. The summed E-state index contributed by atoms with van der Waals surface area (Å²) in [6, 6.07) is 0. The number of hydrogen-bond donors (Lipinski definition) is 2. The van der Waals surface area contributed by atoms with E-state index >= 15 is 0 Å². The van der Waals surface area contributed by atoms with E-state index in [4.69, 9.17) is 19.3 Å². The summed E-state index contributed by atoms with van der Waals surface area (Å²) in [5.41, 5.74) is 0. The van der Waals surface area contributed by atoms with Crippen molar-refractivity contribution in [3.63, 3.8) is 0 Å². The van der Waals surface area contributed by atoms with Gasteiger partial charge in [-0.05, 0) is 20.3 Å². The van der Waals surface area contributed by atoms with E-state index in [1.54, 1.807) is 40.0 Å². The molecule has 13 heteroatoms. The maximum absolute atomic E-state index is 11.2. The molecule has 0 aliphatic rings. The fourth-order valence-corrected chi connectivity index (χ4v) is 2.99. The van der Waals surface area contributed by atoms with E-state index in [0.717, 1.165) is 12.8 Å². The molecule has 2 amide bonds. The van der Waals surface area contributed by atoms with Crippen molar-refractivity contribution in [3.05, 3.63) is 0 Å². The van der Waals surface area contributed by atoms with Crippen molar-refractivity contribution >= 4 is 42.5 Å². The van der Waals surface area contributed by atoms with Gasteiger partial charge in [-0.3, -0.25) is 18.7 Å². The Morgan fingerprint density at radius 3 is 1.74 bits per heavy atom. The molecule has 0 aliphatic carbocycles. The highest BCUT2D eigenvalue weighted by atomic mass is 79.9. The first-order valence-corrected chi connectivity index (χ1v) is 15.2. The normalized spacial score (nSPS) is 16.1. The number of amides is 2. The van der Waals surface area contributed by atoms with E-state index in [2.05, 4.69) is 15.9 Å². The first kappa shape index (κ1) is 35.3. The molecule has 4 unspecified atom stereocenters. The third kappa shape index (κ3) is 24.2. The molecule has 31 heavy (non-hydrogen) atoms. The highest BCUT2D eigenvalue weighted by molar-refractivity contribution is 9.10. The van der Waals surface area contributed by atoms with Crippen LogP contribution in [-0.2, 0) is 28.0 Å². The van der Waals surface area contributed by atoms with Crippen LogP contribution in [0.15, 0.2) is 0 Å². The van der Waals surface area contributed by atoms with E-state index in [1.807, 2.05) is 13.8 Å². The van der Waals surface area contributed by atoms with Crippen LogP contribution in [-0.4, -0.2) is 103 Å². The van der Waals surface area contributed by atoms with Crippen molar-refractivity contribution in [2.24, 2.45) is 0 Å². The van der Waals surface area contributed by atoms with Crippen molar-refractivity contribution < 1.29 is 38.0 Å². The fraction of sp³-hybridized carbons (Fsp3) is 0.889. The Bertz CT molecular complexity index is 587. The van der Waals surface area contributed by atoms with Gasteiger partial charge < -0.3 is 29.1 Å². The summed E-state index contributed by atoms with van der Waals surface area (Å²) in [5, 5.41) is 8.51. The summed E-state index contributed by atoms with van der Waals surface area (Å²) < 4.78 is 31.7. The van der Waals surface area contributed by atoms with Gasteiger partial charge in [-0.25, -0.2) is 0 Å². The summed E-state index contributed by atoms with van der Waals surface area (Å²) in [4.78, 5) is 33.7. The molecule has 188 valence electrons. The second-order valence-electron chi connectivity index (χ2n) is 7.41. The predicted octanol–water partition coefficient (Wildman–Crippen LogP) is 2.86. The van der Waals surface area contributed by atoms with Crippen LogP contribution in [0.3, 0.4) is 0 Å². The molecule has 0 fully saturated rings. The van der Waals surface area contributed by atoms with Crippen LogP contribution in [0.25, 0.3) is 0 Å². The van der Waals surface area contributed by atoms with Gasteiger partial charge in [0.05, 0.1) is 11.4 Å². The first-order valence-electron chi connectivity index (χ1n) is 9.71. The van der Waals surface area contributed by atoms with Crippen molar-refractivity contribution in [3.8, 4) is 0 Å². The van der Waals surface area contributed by atoms with Gasteiger partial charge in [0.1, 0.15) is 18.8 Å². The first-order chi connectivity index (χ1) is 13.9. The summed E-state index contributed by atoms with van der Waals surface area (Å²) in [5.74, 6) is -0.113. The van der Waals surface area contributed by atoms with Crippen LogP contribution in [0.5, 0.6) is 0 Å². The standard InChI is InChI=1S/C7H16NO4P.C6H15O3P.C5H10BrNO/c1-6(7(9)8(2)3)12-5-13(4,10)11;1-3-4-5-9-10(2,8)6-7;1-4(6)5(8)7(2)3/h6H,5H2,1-4H3,(H,10,11);7H,3-6H2,1-2H3;4H,1-3H3. The highest BCUT2D eigenvalue weighted by Gasteiger charge is 2.19. The molecule has 2 N–H and O–H groups in total. The minimum Gasteiger partial charge on any atom is -0.386 e. The van der Waals surface area contributed by atoms with Crippen LogP contribution >= 0.6 is 30.7 Å². The molecule has 0 radical (unpaired) electrons. The Morgan fingerprint density at radius 1 is 1.03 bits per heavy atom. The quantitative estimate of drug-likeness (QED) is 0.239. The molecule has 0 saturated carbocycles. The summed E-state index contributed by atoms with van der Waals surface area (Å²) in [7, 11) is 0.850. The van der Waals surface area contributed by atoms with Crippen molar-refractivity contribution in [2.45, 2.75) is 44.5 Å². The van der Waals surface area contributed by atoms with Gasteiger partial charge in [0, 0.05) is 41.5 Å². The molecule has 0 spiro atoms. The molecule has 0 rings (SSSR count). The van der Waals surface area contributed by atoms with Crippen LogP contribution in [0, 0.1) is 0 Å². The molecule has 10 nitrogen and oxygen atoms in total. The monoisotopic (exact) mass is 554 g/mol. The number of halogens is 1. The molecular formula is C18H41BrN2O8P2. The minimum atomic E-state index is -3.18. The minimum absolute atomic E-state index is 0.0579. The number of carbonyl (C=O) groups excluding carboxylic acids is 2. The van der Waals surface area contributed by atoms with Gasteiger partial charge in [-0.15, -0.1) is 0 Å². The molecule has 0 aromatic carbocycles. The highest BCUT2D eigenvalue weighted by Crippen LogP contribution is 2.40. The zero-order valence-electron chi connectivity index (χ0n) is 20.2. The lowest BCUT2D eigenvalue weighted by Crippen LogP contribution is -2.33. The maximum atomic E-state index is 11.2. The fourth-order valence-electron chi connectivity index (χ4n) is 1.48. The number of rotatable bonds is 10. The van der Waals surface area contributed by atoms with Crippen LogP contribution in [0.1, 0.15) is 33.6 Å². The Balaban J connectivity index is -0.000000392. The van der Waals surface area contributed by atoms with Gasteiger partial charge in [0.2, 0.25) is 20.6 Å². The number of likely N-dealkylation sites (N-methyl/N-ethyl adjacent to an activating group) is 1. The molecule has 0 aliphatic heterocycles. The number of ether oxygens (including phenoxy) is 1. The lowest BCUT2D eigenvalue weighted by atomic mass is 10.4. The molecule has 0 bridgehead atoms. The average Bonchev–Trinajstić information content (AvgIpc) is 2.65. The maximum Gasteiger partial charge on any atom is 0.250 e. The number of unbranched alkanes of at least 4 members (excludes halogenated alkanes) is 1. The van der Waals surface area contributed by atoms with E-state index in [0.29, 0.717) is 6.61 Å². The summed E-state index contributed by atoms with van der Waals surface area (Å²) >= 11 is 3.15. The molecule has 0 aromatic heterocycles. The smallest absolute Gasteiger partial charge is 0.250 e. The Labute approximate surface area is 195 Å². The van der Waals surface area contributed by atoms with Crippen molar-refractivity contribution in [1.82, 2.24) is 9.80 Å². The summed E-state index contributed by atoms with van der Waals surface area (Å²) in [6.45, 7) is 8.52. The predicted molar refractivity (Wildman–Crippen MR) is 128 cm³/mol. The SMILES string of the molecule is CC(Br)C(=O)N(C)C.CC(OCP(C)(=O)O)C(=O)N(C)C.CCCCOP(C)(=O)CO. The Morgan fingerprint density at radius 2 is 1.48 bits per heavy atom. The number of hydrogen-bond acceptors (Lipinski definition) is 7. The van der Waals surface area contributed by atoms with E-state index in [-0.39, 0.29) is 29.3 Å². The van der Waals surface area contributed by atoms with E-state index in [1.165, 1.54) is 18.2 Å². The lowest BCUT2D eigenvalue weighted by molar-refractivity contribution is -0.138. The van der Waals surface area contributed by atoms with Gasteiger partial charge in [-0.1, -0.05) is 29.3 Å². The number of carbonyl (C=O) groups is 2. The zero-order valence-corrected chi connectivity index (χ0v) is 23.6. The van der Waals surface area contributed by atoms with Crippen LogP contribution in [0.2, 0.25) is 0 Å². The van der Waals surface area contributed by atoms with Crippen LogP contribution < -0.4 is 0 Å². The number of nitrogens with zero attached hydrogens (tertiary/aromatic N) is 2. The average molecular weight is 555 g/mol. The molecular weight excluding hydrogens is 514 g/mol. The molecule has 0 heterocycles. The third-order valence-electron chi connectivity index (χ3n) is 3.25. The molecule has 0 saturated heterocycles. The second kappa shape index (κ2) is 18.2. The van der Waals surface area contributed by atoms with Gasteiger partial charge in [-0.2, -0.15) is 0 Å². The Kier molecular flexibility index (Phi) is 20.7. The van der Waals surface area contributed by atoms with Crippen molar-refractivity contribution in [2.75, 3.05) is 60.8 Å². The molecule has 0 aromatic rings. The van der Waals surface area contributed by atoms with Gasteiger partial charge in [0.15, 0.2) is 0 Å². The number of alkyl halides is 1. The topological polar surface area (TPSA) is 134 Å². The van der Waals surface area contributed by atoms with Crippen LogP contribution in [0.4, 0.5) is 0 Å². The number of aliphatic hydroxyl groups is 1. The second-order valence-corrected chi connectivity index (χ2v) is 13.7. The largest absolute Gasteiger partial charge is 0.386 e. The van der Waals surface area contributed by atoms with Gasteiger partial charge in [0.25, 0.3) is 5.91 Å². The van der Waals surface area contributed by atoms with Crippen molar-refractivity contribution in [1.29, 1.82) is 0 Å².